The van der Waals surface area contributed by atoms with Crippen molar-refractivity contribution in [2.75, 3.05) is 6.61 Å². The Labute approximate surface area is 209 Å². The highest BCUT2D eigenvalue weighted by Crippen LogP contribution is 2.24. The van der Waals surface area contributed by atoms with Gasteiger partial charge in [0, 0.05) is 20.4 Å². The molecule has 0 saturated heterocycles. The van der Waals surface area contributed by atoms with E-state index in [9.17, 15) is 9.59 Å². The van der Waals surface area contributed by atoms with Crippen molar-refractivity contribution in [3.8, 4) is 5.75 Å². The van der Waals surface area contributed by atoms with Crippen LogP contribution in [0.15, 0.2) is 55.2 Å². The lowest BCUT2D eigenvalue weighted by atomic mass is 10.1. The lowest BCUT2D eigenvalue weighted by molar-refractivity contribution is -0.150. The van der Waals surface area contributed by atoms with Gasteiger partial charge in [-0.1, -0.05) is 45.7 Å². The largest absolute Gasteiger partial charge is 0.478 e. The zero-order valence-electron chi connectivity index (χ0n) is 18.8. The third-order valence-electron chi connectivity index (χ3n) is 5.09. The number of halogens is 2. The highest BCUT2D eigenvalue weighted by molar-refractivity contribution is 9.10. The second-order valence-corrected chi connectivity index (χ2v) is 9.33. The Morgan fingerprint density at radius 1 is 1.15 bits per heavy atom. The van der Waals surface area contributed by atoms with E-state index in [2.05, 4.69) is 37.0 Å². The summed E-state index contributed by atoms with van der Waals surface area (Å²) in [6, 6.07) is 10.8. The van der Waals surface area contributed by atoms with Gasteiger partial charge in [0.05, 0.1) is 23.7 Å². The van der Waals surface area contributed by atoms with Crippen molar-refractivity contribution in [3.63, 3.8) is 0 Å². The van der Waals surface area contributed by atoms with Crippen molar-refractivity contribution in [2.24, 2.45) is 5.10 Å². The first-order valence-electron chi connectivity index (χ1n) is 10.6. The Morgan fingerprint density at radius 3 is 2.55 bits per heavy atom. The summed E-state index contributed by atoms with van der Waals surface area (Å²) in [7, 11) is 0. The average Bonchev–Trinajstić information content (AvgIpc) is 2.79. The van der Waals surface area contributed by atoms with Gasteiger partial charge in [0.1, 0.15) is 11.6 Å². The fraction of sp³-hybridized carbons (Fsp3) is 0.333. The van der Waals surface area contributed by atoms with Crippen molar-refractivity contribution >= 4 is 54.9 Å². The van der Waals surface area contributed by atoms with E-state index in [0.29, 0.717) is 28.0 Å². The molecule has 0 amide bonds. The van der Waals surface area contributed by atoms with Crippen molar-refractivity contribution in [1.82, 2.24) is 9.66 Å². The van der Waals surface area contributed by atoms with Crippen molar-refractivity contribution in [1.29, 1.82) is 0 Å². The molecule has 7 nitrogen and oxygen atoms in total. The fourth-order valence-corrected chi connectivity index (χ4v) is 3.86. The predicted octanol–water partition coefficient (Wildman–Crippen LogP) is 5.65. The fourth-order valence-electron chi connectivity index (χ4n) is 3.12. The molecule has 1 aromatic heterocycles. The minimum atomic E-state index is -0.795. The number of benzene rings is 2. The van der Waals surface area contributed by atoms with Crippen LogP contribution in [0, 0.1) is 0 Å². The number of fused-ring (bicyclic) bond motifs is 1. The standard InChI is InChI=1S/C24H25Br2N3O4/c1-5-14(3)22-28-20-9-7-18(26)12-19(20)23(30)29(22)27-13-16-11-17(25)8-10-21(16)33-15(4)24(31)32-6-2/h7-15H,5-6H2,1-4H3/t14-,15+/m0/s1. The summed E-state index contributed by atoms with van der Waals surface area (Å²) in [5.41, 5.74) is 0.960. The third kappa shape index (κ3) is 5.89. The maximum Gasteiger partial charge on any atom is 0.347 e. The summed E-state index contributed by atoms with van der Waals surface area (Å²) in [4.78, 5) is 30.0. The number of hydrogen-bond donors (Lipinski definition) is 0. The number of carbonyl (C=O) groups excluding carboxylic acids is 1. The first-order valence-corrected chi connectivity index (χ1v) is 12.2. The first-order chi connectivity index (χ1) is 15.7. The Bertz CT molecular complexity index is 1260. The molecule has 0 unspecified atom stereocenters. The van der Waals surface area contributed by atoms with Crippen LogP contribution >= 0.6 is 31.9 Å². The van der Waals surface area contributed by atoms with Gasteiger partial charge in [0.15, 0.2) is 6.10 Å². The van der Waals surface area contributed by atoms with E-state index < -0.39 is 12.1 Å². The maximum atomic E-state index is 13.3. The second-order valence-electron chi connectivity index (χ2n) is 7.50. The van der Waals surface area contributed by atoms with E-state index in [4.69, 9.17) is 14.5 Å². The molecule has 0 aliphatic heterocycles. The van der Waals surface area contributed by atoms with Gasteiger partial charge in [-0.3, -0.25) is 4.79 Å². The number of carbonyl (C=O) groups is 1. The molecule has 174 valence electrons. The maximum absolute atomic E-state index is 13.3. The van der Waals surface area contributed by atoms with Crippen molar-refractivity contribution < 1.29 is 14.3 Å². The van der Waals surface area contributed by atoms with Crippen LogP contribution in [0.3, 0.4) is 0 Å². The molecule has 3 rings (SSSR count). The summed E-state index contributed by atoms with van der Waals surface area (Å²) in [5, 5.41) is 4.97. The molecule has 33 heavy (non-hydrogen) atoms. The zero-order chi connectivity index (χ0) is 24.1. The van der Waals surface area contributed by atoms with Gasteiger partial charge in [0.25, 0.3) is 5.56 Å². The quantitative estimate of drug-likeness (QED) is 0.255. The van der Waals surface area contributed by atoms with E-state index in [1.807, 2.05) is 26.0 Å². The summed E-state index contributed by atoms with van der Waals surface area (Å²) in [6.07, 6.45) is 1.54. The number of nitrogens with zero attached hydrogens (tertiary/aromatic N) is 3. The molecular formula is C24H25Br2N3O4. The van der Waals surface area contributed by atoms with E-state index in [1.165, 1.54) is 10.9 Å². The zero-order valence-corrected chi connectivity index (χ0v) is 22.0. The number of hydrogen-bond acceptors (Lipinski definition) is 6. The number of aromatic nitrogens is 2. The van der Waals surface area contributed by atoms with Crippen LogP contribution in [0.25, 0.3) is 10.9 Å². The Morgan fingerprint density at radius 2 is 1.85 bits per heavy atom. The lowest BCUT2D eigenvalue weighted by Gasteiger charge is -2.16. The van der Waals surface area contributed by atoms with Gasteiger partial charge < -0.3 is 9.47 Å². The van der Waals surface area contributed by atoms with Gasteiger partial charge in [-0.05, 0) is 56.7 Å². The Hall–Kier alpha value is -2.52. The molecular weight excluding hydrogens is 554 g/mol. The highest BCUT2D eigenvalue weighted by atomic mass is 79.9. The highest BCUT2D eigenvalue weighted by Gasteiger charge is 2.18. The molecule has 0 spiro atoms. The molecule has 0 aliphatic rings. The minimum absolute atomic E-state index is 0.0185. The first kappa shape index (κ1) is 25.1. The smallest absolute Gasteiger partial charge is 0.347 e. The normalized spacial score (nSPS) is 13.3. The summed E-state index contributed by atoms with van der Waals surface area (Å²) < 4.78 is 13.8. The second kappa shape index (κ2) is 11.1. The summed E-state index contributed by atoms with van der Waals surface area (Å²) in [6.45, 7) is 7.68. The van der Waals surface area contributed by atoms with Gasteiger partial charge in [0.2, 0.25) is 0 Å². The van der Waals surface area contributed by atoms with Crippen LogP contribution in [0.1, 0.15) is 51.4 Å². The predicted molar refractivity (Wildman–Crippen MR) is 136 cm³/mol. The van der Waals surface area contributed by atoms with Crippen LogP contribution in [-0.4, -0.2) is 34.6 Å². The molecule has 1 heterocycles. The number of ether oxygens (including phenoxy) is 2. The van der Waals surface area contributed by atoms with Crippen LogP contribution < -0.4 is 10.3 Å². The van der Waals surface area contributed by atoms with E-state index >= 15 is 0 Å². The molecule has 0 radical (unpaired) electrons. The number of rotatable bonds is 8. The topological polar surface area (TPSA) is 82.8 Å². The molecule has 3 aromatic rings. The molecule has 0 saturated carbocycles. The van der Waals surface area contributed by atoms with Crippen molar-refractivity contribution in [2.45, 2.75) is 46.1 Å². The van der Waals surface area contributed by atoms with Crippen molar-refractivity contribution in [3.05, 3.63) is 67.1 Å². The average molecular weight is 579 g/mol. The van der Waals surface area contributed by atoms with Crippen LogP contribution in [-0.2, 0) is 9.53 Å². The monoisotopic (exact) mass is 577 g/mol. The van der Waals surface area contributed by atoms with Crippen LogP contribution in [0.2, 0.25) is 0 Å². The Kier molecular flexibility index (Phi) is 8.42. The molecule has 0 fully saturated rings. The molecule has 0 bridgehead atoms. The molecule has 2 atom stereocenters. The van der Waals surface area contributed by atoms with Crippen LogP contribution in [0.5, 0.6) is 5.75 Å². The third-order valence-corrected chi connectivity index (χ3v) is 6.08. The van der Waals surface area contributed by atoms with E-state index in [0.717, 1.165) is 15.4 Å². The van der Waals surface area contributed by atoms with Gasteiger partial charge in [-0.25, -0.2) is 9.78 Å². The molecule has 0 aliphatic carbocycles. The van der Waals surface area contributed by atoms with Gasteiger partial charge in [-0.15, -0.1) is 0 Å². The van der Waals surface area contributed by atoms with E-state index in [1.54, 1.807) is 38.1 Å². The number of esters is 1. The molecule has 2 aromatic carbocycles. The lowest BCUT2D eigenvalue weighted by Crippen LogP contribution is -2.26. The Balaban J connectivity index is 2.08. The minimum Gasteiger partial charge on any atom is -0.478 e. The molecule has 0 N–H and O–H groups in total. The van der Waals surface area contributed by atoms with Gasteiger partial charge in [-0.2, -0.15) is 9.78 Å². The van der Waals surface area contributed by atoms with E-state index in [-0.39, 0.29) is 18.1 Å². The summed E-state index contributed by atoms with van der Waals surface area (Å²) >= 11 is 6.87. The molecule has 9 heteroatoms. The van der Waals surface area contributed by atoms with Gasteiger partial charge >= 0.3 is 5.97 Å². The SMILES string of the molecule is CCOC(=O)[C@@H](C)Oc1ccc(Br)cc1C=Nn1c([C@@H](C)CC)nc2ccc(Br)cc2c1=O. The van der Waals surface area contributed by atoms with Crippen LogP contribution in [0.4, 0.5) is 0 Å². The summed E-state index contributed by atoms with van der Waals surface area (Å²) in [5.74, 6) is 0.580.